The Labute approximate surface area is 73.6 Å². The maximum Gasteiger partial charge on any atom is 0.371 e. The zero-order valence-corrected chi connectivity index (χ0v) is 6.90. The smallest absolute Gasteiger partial charge is 0.371 e. The van der Waals surface area contributed by atoms with Gasteiger partial charge in [-0.3, -0.25) is 4.79 Å². The van der Waals surface area contributed by atoms with Crippen LogP contribution in [-0.2, 0) is 11.2 Å². The quantitative estimate of drug-likeness (QED) is 0.728. The van der Waals surface area contributed by atoms with Gasteiger partial charge < -0.3 is 14.6 Å². The highest BCUT2D eigenvalue weighted by atomic mass is 16.4. The third-order valence-electron chi connectivity index (χ3n) is 1.54. The van der Waals surface area contributed by atoms with Gasteiger partial charge in [0.25, 0.3) is 0 Å². The minimum atomic E-state index is -1.19. The second-order valence-corrected chi connectivity index (χ2v) is 2.59. The molecule has 70 valence electrons. The number of hydrogen-bond acceptors (Lipinski definition) is 3. The average Bonchev–Trinajstić information content (AvgIpc) is 2.31. The van der Waals surface area contributed by atoms with E-state index in [4.69, 9.17) is 14.6 Å². The van der Waals surface area contributed by atoms with E-state index in [9.17, 15) is 9.59 Å². The molecule has 1 rings (SSSR count). The lowest BCUT2D eigenvalue weighted by Crippen LogP contribution is -1.99. The molecule has 1 heterocycles. The summed E-state index contributed by atoms with van der Waals surface area (Å²) in [6, 6.07) is 1.31. The molecule has 13 heavy (non-hydrogen) atoms. The third kappa shape index (κ3) is 2.08. The molecule has 0 amide bonds. The molecule has 0 aliphatic heterocycles. The molecule has 1 aromatic heterocycles. The lowest BCUT2D eigenvalue weighted by molar-refractivity contribution is -0.136. The Morgan fingerprint density at radius 1 is 1.46 bits per heavy atom. The van der Waals surface area contributed by atoms with Gasteiger partial charge in [-0.05, 0) is 18.6 Å². The van der Waals surface area contributed by atoms with Gasteiger partial charge in [-0.25, -0.2) is 4.79 Å². The summed E-state index contributed by atoms with van der Waals surface area (Å²) in [5.41, 5.74) is 0.541. The highest BCUT2D eigenvalue weighted by Gasteiger charge is 2.14. The fourth-order valence-electron chi connectivity index (χ4n) is 0.938. The second kappa shape index (κ2) is 3.30. The van der Waals surface area contributed by atoms with E-state index < -0.39 is 11.9 Å². The standard InChI is InChI=1S/C8H8O5/c1-4-2-6(8(11)12)13-5(4)3-7(9)10/h2H,3H2,1H3,(H,9,10)(H,11,12). The Morgan fingerprint density at radius 3 is 2.46 bits per heavy atom. The zero-order valence-electron chi connectivity index (χ0n) is 6.90. The van der Waals surface area contributed by atoms with Crippen LogP contribution >= 0.6 is 0 Å². The topological polar surface area (TPSA) is 87.7 Å². The van der Waals surface area contributed by atoms with E-state index in [2.05, 4.69) is 0 Å². The molecule has 0 bridgehead atoms. The molecular weight excluding hydrogens is 176 g/mol. The van der Waals surface area contributed by atoms with Crippen molar-refractivity contribution in [2.75, 3.05) is 0 Å². The summed E-state index contributed by atoms with van der Waals surface area (Å²) >= 11 is 0. The summed E-state index contributed by atoms with van der Waals surface area (Å²) in [6.07, 6.45) is -0.293. The lowest BCUT2D eigenvalue weighted by Gasteiger charge is -1.91. The van der Waals surface area contributed by atoms with Gasteiger partial charge >= 0.3 is 11.9 Å². The van der Waals surface area contributed by atoms with Gasteiger partial charge in [0.15, 0.2) is 0 Å². The first-order chi connectivity index (χ1) is 6.00. The number of furan rings is 1. The summed E-state index contributed by atoms with van der Waals surface area (Å²) in [5, 5.41) is 16.9. The van der Waals surface area contributed by atoms with Crippen molar-refractivity contribution < 1.29 is 24.2 Å². The molecule has 0 aliphatic rings. The number of carboxylic acid groups (broad SMARTS) is 2. The van der Waals surface area contributed by atoms with Crippen LogP contribution in [0.2, 0.25) is 0 Å². The van der Waals surface area contributed by atoms with Crippen LogP contribution in [0.5, 0.6) is 0 Å². The molecule has 0 saturated carbocycles. The Kier molecular flexibility index (Phi) is 2.36. The molecule has 0 spiro atoms. The van der Waals surface area contributed by atoms with Gasteiger partial charge in [-0.1, -0.05) is 0 Å². The van der Waals surface area contributed by atoms with Crippen molar-refractivity contribution in [3.63, 3.8) is 0 Å². The second-order valence-electron chi connectivity index (χ2n) is 2.59. The summed E-state index contributed by atoms with van der Waals surface area (Å²) in [5.74, 6) is -2.28. The number of aromatic carboxylic acids is 1. The van der Waals surface area contributed by atoms with Crippen molar-refractivity contribution in [3.8, 4) is 0 Å². The molecule has 0 saturated heterocycles. The number of rotatable bonds is 3. The van der Waals surface area contributed by atoms with Crippen LogP contribution in [0.25, 0.3) is 0 Å². The Hall–Kier alpha value is -1.78. The minimum absolute atomic E-state index is 0.185. The molecule has 5 heteroatoms. The van der Waals surface area contributed by atoms with Gasteiger partial charge in [0, 0.05) is 0 Å². The van der Waals surface area contributed by atoms with Gasteiger partial charge in [0.2, 0.25) is 5.76 Å². The van der Waals surface area contributed by atoms with E-state index in [1.54, 1.807) is 6.92 Å². The fraction of sp³-hybridized carbons (Fsp3) is 0.250. The molecule has 2 N–H and O–H groups in total. The summed E-state index contributed by atoms with van der Waals surface area (Å²) in [4.78, 5) is 20.7. The van der Waals surface area contributed by atoms with Crippen LogP contribution in [-0.4, -0.2) is 22.2 Å². The molecule has 0 fully saturated rings. The summed E-state index contributed by atoms with van der Waals surface area (Å²) in [6.45, 7) is 1.61. The largest absolute Gasteiger partial charge is 0.481 e. The molecule has 1 aromatic rings. The minimum Gasteiger partial charge on any atom is -0.481 e. The third-order valence-corrected chi connectivity index (χ3v) is 1.54. The van der Waals surface area contributed by atoms with Crippen molar-refractivity contribution in [1.29, 1.82) is 0 Å². The zero-order chi connectivity index (χ0) is 10.0. The van der Waals surface area contributed by atoms with E-state index in [0.717, 1.165) is 0 Å². The average molecular weight is 184 g/mol. The van der Waals surface area contributed by atoms with E-state index >= 15 is 0 Å². The van der Waals surface area contributed by atoms with Crippen LogP contribution in [0, 0.1) is 6.92 Å². The lowest BCUT2D eigenvalue weighted by atomic mass is 10.2. The molecular formula is C8H8O5. The van der Waals surface area contributed by atoms with Crippen LogP contribution in [0.15, 0.2) is 10.5 Å². The van der Waals surface area contributed by atoms with E-state index in [1.165, 1.54) is 6.07 Å². The maximum absolute atomic E-state index is 10.4. The maximum atomic E-state index is 10.4. The van der Waals surface area contributed by atoms with Crippen LogP contribution in [0.1, 0.15) is 21.9 Å². The highest BCUT2D eigenvalue weighted by molar-refractivity contribution is 5.85. The highest BCUT2D eigenvalue weighted by Crippen LogP contribution is 2.14. The summed E-state index contributed by atoms with van der Waals surface area (Å²) < 4.78 is 4.81. The number of carbonyl (C=O) groups is 2. The molecule has 0 radical (unpaired) electrons. The molecule has 0 aromatic carbocycles. The molecule has 0 atom stereocenters. The SMILES string of the molecule is Cc1cc(C(=O)O)oc1CC(=O)O. The first-order valence-electron chi connectivity index (χ1n) is 3.55. The number of hydrogen-bond donors (Lipinski definition) is 2. The Balaban J connectivity index is 2.96. The number of carboxylic acids is 2. The summed E-state index contributed by atoms with van der Waals surface area (Å²) in [7, 11) is 0. The van der Waals surface area contributed by atoms with E-state index in [1.807, 2.05) is 0 Å². The van der Waals surface area contributed by atoms with Crippen LogP contribution in [0.3, 0.4) is 0 Å². The van der Waals surface area contributed by atoms with Gasteiger partial charge in [-0.15, -0.1) is 0 Å². The normalized spacial score (nSPS) is 9.92. The molecule has 5 nitrogen and oxygen atoms in total. The predicted molar refractivity (Wildman–Crippen MR) is 41.7 cm³/mol. The first-order valence-corrected chi connectivity index (χ1v) is 3.55. The Bertz CT molecular complexity index is 349. The molecule has 0 aliphatic carbocycles. The predicted octanol–water partition coefficient (Wildman–Crippen LogP) is 0.913. The van der Waals surface area contributed by atoms with Crippen molar-refractivity contribution in [2.45, 2.75) is 13.3 Å². The number of aryl methyl sites for hydroxylation is 1. The van der Waals surface area contributed by atoms with Crippen molar-refractivity contribution >= 4 is 11.9 Å². The van der Waals surface area contributed by atoms with Gasteiger partial charge in [0.1, 0.15) is 12.2 Å². The van der Waals surface area contributed by atoms with Crippen LogP contribution in [0.4, 0.5) is 0 Å². The van der Waals surface area contributed by atoms with E-state index in [-0.39, 0.29) is 17.9 Å². The van der Waals surface area contributed by atoms with Crippen molar-refractivity contribution in [1.82, 2.24) is 0 Å². The first kappa shape index (κ1) is 9.31. The van der Waals surface area contributed by atoms with E-state index in [0.29, 0.717) is 5.56 Å². The Morgan fingerprint density at radius 2 is 2.08 bits per heavy atom. The van der Waals surface area contributed by atoms with Crippen molar-refractivity contribution in [3.05, 3.63) is 23.2 Å². The monoisotopic (exact) mass is 184 g/mol. The van der Waals surface area contributed by atoms with Crippen LogP contribution < -0.4 is 0 Å². The fourth-order valence-corrected chi connectivity index (χ4v) is 0.938. The van der Waals surface area contributed by atoms with Gasteiger partial charge in [-0.2, -0.15) is 0 Å². The number of aliphatic carboxylic acids is 1. The van der Waals surface area contributed by atoms with Crippen molar-refractivity contribution in [2.24, 2.45) is 0 Å². The van der Waals surface area contributed by atoms with Gasteiger partial charge in [0.05, 0.1) is 0 Å². The molecule has 0 unspecified atom stereocenters.